The minimum atomic E-state index is -4.21. The number of nitrogens with one attached hydrogen (secondary N) is 2. The van der Waals surface area contributed by atoms with E-state index < -0.39 is 12.7 Å². The highest BCUT2D eigenvalue weighted by atomic mass is 35.5. The Kier molecular flexibility index (Phi) is 3.26. The first-order valence-electron chi connectivity index (χ1n) is 4.86. The van der Waals surface area contributed by atoms with Crippen molar-refractivity contribution in [3.05, 3.63) is 29.0 Å². The van der Waals surface area contributed by atoms with Crippen molar-refractivity contribution in [3.8, 4) is 0 Å². The van der Waals surface area contributed by atoms with Crippen LogP contribution in [0.3, 0.4) is 0 Å². The molecule has 0 fully saturated rings. The number of H-pyrrole nitrogens is 1. The maximum Gasteiger partial charge on any atom is 0.401 e. The summed E-state index contributed by atoms with van der Waals surface area (Å²) in [5, 5.41) is 2.82. The maximum atomic E-state index is 11.9. The van der Waals surface area contributed by atoms with Gasteiger partial charge in [-0.15, -0.1) is 0 Å². The lowest BCUT2D eigenvalue weighted by molar-refractivity contribution is -0.125. The molecule has 0 aliphatic carbocycles. The van der Waals surface area contributed by atoms with E-state index in [9.17, 15) is 13.2 Å². The van der Waals surface area contributed by atoms with Crippen LogP contribution in [-0.2, 0) is 6.54 Å². The zero-order chi connectivity index (χ0) is 12.5. The van der Waals surface area contributed by atoms with Crippen LogP contribution in [0.25, 0.3) is 11.0 Å². The van der Waals surface area contributed by atoms with Gasteiger partial charge in [-0.2, -0.15) is 13.2 Å². The lowest BCUT2D eigenvalue weighted by Crippen LogP contribution is -2.28. The number of fused-ring (bicyclic) bond motifs is 1. The van der Waals surface area contributed by atoms with E-state index in [0.29, 0.717) is 21.9 Å². The van der Waals surface area contributed by atoms with Gasteiger partial charge in [0.1, 0.15) is 5.82 Å². The molecular weight excluding hydrogens is 255 g/mol. The zero-order valence-corrected chi connectivity index (χ0v) is 9.36. The first-order valence-corrected chi connectivity index (χ1v) is 5.23. The molecule has 1 aromatic heterocycles. The highest BCUT2D eigenvalue weighted by molar-refractivity contribution is 6.31. The van der Waals surface area contributed by atoms with Gasteiger partial charge >= 0.3 is 6.18 Å². The molecule has 2 N–H and O–H groups in total. The van der Waals surface area contributed by atoms with Gasteiger partial charge in [-0.1, -0.05) is 11.6 Å². The monoisotopic (exact) mass is 263 g/mol. The summed E-state index contributed by atoms with van der Waals surface area (Å²) in [5.74, 6) is 0.450. The molecule has 7 heteroatoms. The first kappa shape index (κ1) is 12.2. The summed E-state index contributed by atoms with van der Waals surface area (Å²) < 4.78 is 35.7. The van der Waals surface area contributed by atoms with Crippen LogP contribution >= 0.6 is 11.6 Å². The number of nitrogens with zero attached hydrogens (tertiary/aromatic N) is 1. The SMILES string of the molecule is FC(F)(F)CNCc1nc2ccc(Cl)cc2[nH]1. The lowest BCUT2D eigenvalue weighted by atomic mass is 10.3. The van der Waals surface area contributed by atoms with Crippen LogP contribution < -0.4 is 5.32 Å². The summed E-state index contributed by atoms with van der Waals surface area (Å²) in [6, 6.07) is 5.07. The third kappa shape index (κ3) is 3.34. The molecule has 1 aromatic carbocycles. The van der Waals surface area contributed by atoms with E-state index in [-0.39, 0.29) is 6.54 Å². The standard InChI is InChI=1S/C10H9ClF3N3/c11-6-1-2-7-8(3-6)17-9(16-7)4-15-5-10(12,13)14/h1-3,15H,4-5H2,(H,16,17). The topological polar surface area (TPSA) is 40.7 Å². The fourth-order valence-corrected chi connectivity index (χ4v) is 1.61. The fourth-order valence-electron chi connectivity index (χ4n) is 1.44. The summed E-state index contributed by atoms with van der Waals surface area (Å²) >= 11 is 5.78. The van der Waals surface area contributed by atoms with E-state index in [0.717, 1.165) is 0 Å². The number of halogens is 4. The van der Waals surface area contributed by atoms with Crippen LogP contribution in [0.2, 0.25) is 5.02 Å². The third-order valence-corrected chi connectivity index (χ3v) is 2.35. The van der Waals surface area contributed by atoms with Crippen molar-refractivity contribution in [1.82, 2.24) is 15.3 Å². The number of hydrogen-bond acceptors (Lipinski definition) is 2. The average Bonchev–Trinajstić information content (AvgIpc) is 2.57. The number of aromatic nitrogens is 2. The van der Waals surface area contributed by atoms with Crippen LogP contribution in [0.15, 0.2) is 18.2 Å². The summed E-state index contributed by atoms with van der Waals surface area (Å²) in [4.78, 5) is 7.03. The molecule has 0 saturated heterocycles. The molecule has 17 heavy (non-hydrogen) atoms. The normalized spacial score (nSPS) is 12.2. The van der Waals surface area contributed by atoms with Crippen molar-refractivity contribution in [1.29, 1.82) is 0 Å². The second-order valence-corrected chi connectivity index (χ2v) is 4.00. The predicted octanol–water partition coefficient (Wildman–Crippen LogP) is 2.87. The molecule has 92 valence electrons. The molecule has 0 spiro atoms. The van der Waals surface area contributed by atoms with Crippen LogP contribution in [0, 0.1) is 0 Å². The van der Waals surface area contributed by atoms with Gasteiger partial charge in [0.15, 0.2) is 0 Å². The Balaban J connectivity index is 2.05. The van der Waals surface area contributed by atoms with Gasteiger partial charge < -0.3 is 10.3 Å². The first-order chi connectivity index (χ1) is 7.94. The Morgan fingerprint density at radius 1 is 1.35 bits per heavy atom. The lowest BCUT2D eigenvalue weighted by Gasteiger charge is -2.05. The summed E-state index contributed by atoms with van der Waals surface area (Å²) in [6.45, 7) is -1.00. The van der Waals surface area contributed by atoms with Crippen LogP contribution in [-0.4, -0.2) is 22.7 Å². The van der Waals surface area contributed by atoms with Crippen molar-refractivity contribution in [3.63, 3.8) is 0 Å². The van der Waals surface area contributed by atoms with Crippen molar-refractivity contribution in [2.45, 2.75) is 12.7 Å². The highest BCUT2D eigenvalue weighted by Crippen LogP contribution is 2.17. The van der Waals surface area contributed by atoms with Crippen molar-refractivity contribution < 1.29 is 13.2 Å². The average molecular weight is 264 g/mol. The van der Waals surface area contributed by atoms with E-state index >= 15 is 0 Å². The molecule has 2 aromatic rings. The molecule has 1 heterocycles. The summed E-state index contributed by atoms with van der Waals surface area (Å²) in [7, 11) is 0. The molecule has 0 amide bonds. The van der Waals surface area contributed by atoms with Gasteiger partial charge in [-0.05, 0) is 18.2 Å². The molecule has 0 radical (unpaired) electrons. The van der Waals surface area contributed by atoms with E-state index in [1.54, 1.807) is 18.2 Å². The molecule has 3 nitrogen and oxygen atoms in total. The number of benzene rings is 1. The minimum absolute atomic E-state index is 0.0335. The fraction of sp³-hybridized carbons (Fsp3) is 0.300. The second-order valence-electron chi connectivity index (χ2n) is 3.56. The van der Waals surface area contributed by atoms with Gasteiger partial charge in [0.05, 0.1) is 24.1 Å². The van der Waals surface area contributed by atoms with E-state index in [4.69, 9.17) is 11.6 Å². The van der Waals surface area contributed by atoms with E-state index in [2.05, 4.69) is 15.3 Å². The quantitative estimate of drug-likeness (QED) is 0.894. The summed E-state index contributed by atoms with van der Waals surface area (Å²) in [6.07, 6.45) is -4.21. The molecule has 2 rings (SSSR count). The van der Waals surface area contributed by atoms with Crippen LogP contribution in [0.4, 0.5) is 13.2 Å². The zero-order valence-electron chi connectivity index (χ0n) is 8.61. The number of imidazole rings is 1. The molecule has 0 aliphatic heterocycles. The van der Waals surface area contributed by atoms with Crippen molar-refractivity contribution >= 4 is 22.6 Å². The Bertz CT molecular complexity index is 521. The Morgan fingerprint density at radius 3 is 2.82 bits per heavy atom. The van der Waals surface area contributed by atoms with Gasteiger partial charge in [0.25, 0.3) is 0 Å². The predicted molar refractivity (Wildman–Crippen MR) is 58.9 cm³/mol. The van der Waals surface area contributed by atoms with Gasteiger partial charge in [-0.25, -0.2) is 4.98 Å². The molecule has 0 saturated carbocycles. The Hall–Kier alpha value is -1.27. The number of rotatable bonds is 3. The van der Waals surface area contributed by atoms with E-state index in [1.165, 1.54) is 0 Å². The minimum Gasteiger partial charge on any atom is -0.341 e. The summed E-state index contributed by atoms with van der Waals surface area (Å²) in [5.41, 5.74) is 1.39. The maximum absolute atomic E-state index is 11.9. The van der Waals surface area contributed by atoms with Crippen LogP contribution in [0.1, 0.15) is 5.82 Å². The van der Waals surface area contributed by atoms with Gasteiger partial charge in [0, 0.05) is 5.02 Å². The molecule has 0 bridgehead atoms. The molecular formula is C10H9ClF3N3. The van der Waals surface area contributed by atoms with Gasteiger partial charge in [0.2, 0.25) is 0 Å². The molecule has 0 atom stereocenters. The smallest absolute Gasteiger partial charge is 0.341 e. The Morgan fingerprint density at radius 2 is 2.12 bits per heavy atom. The number of alkyl halides is 3. The van der Waals surface area contributed by atoms with Crippen molar-refractivity contribution in [2.24, 2.45) is 0 Å². The van der Waals surface area contributed by atoms with E-state index in [1.807, 2.05) is 0 Å². The van der Waals surface area contributed by atoms with Crippen LogP contribution in [0.5, 0.6) is 0 Å². The molecule has 0 aliphatic rings. The van der Waals surface area contributed by atoms with Crippen molar-refractivity contribution in [2.75, 3.05) is 6.54 Å². The van der Waals surface area contributed by atoms with Gasteiger partial charge in [-0.3, -0.25) is 0 Å². The molecule has 0 unspecified atom stereocenters. The largest absolute Gasteiger partial charge is 0.401 e. The highest BCUT2D eigenvalue weighted by Gasteiger charge is 2.26. The Labute approximate surface area is 100.0 Å². The number of hydrogen-bond donors (Lipinski definition) is 2. The number of aromatic amines is 1. The second kappa shape index (κ2) is 4.54. The third-order valence-electron chi connectivity index (χ3n) is 2.11.